The summed E-state index contributed by atoms with van der Waals surface area (Å²) in [4.78, 5) is 4.77. The quantitative estimate of drug-likeness (QED) is 0.462. The van der Waals surface area contributed by atoms with Gasteiger partial charge in [0.15, 0.2) is 0 Å². The summed E-state index contributed by atoms with van der Waals surface area (Å²) in [5.74, 6) is 5.07. The summed E-state index contributed by atoms with van der Waals surface area (Å²) >= 11 is 0. The van der Waals surface area contributed by atoms with Crippen LogP contribution in [0.5, 0.6) is 0 Å². The summed E-state index contributed by atoms with van der Waals surface area (Å²) in [6.07, 6.45) is 3.51. The van der Waals surface area contributed by atoms with Crippen LogP contribution in [0.3, 0.4) is 0 Å². The summed E-state index contributed by atoms with van der Waals surface area (Å²) < 4.78 is 0. The molecular formula is C7H15NO. The number of rotatable bonds is 4. The average molecular weight is 129 g/mol. The van der Waals surface area contributed by atoms with E-state index in [1.54, 1.807) is 6.08 Å². The molecule has 0 spiro atoms. The number of hydrogen-bond donors (Lipinski definition) is 1. The molecule has 2 N–H and O–H groups in total. The normalized spacial score (nSPS) is 11.4. The van der Waals surface area contributed by atoms with E-state index in [1.807, 2.05) is 13.8 Å². The minimum atomic E-state index is -0.292. The lowest BCUT2D eigenvalue weighted by atomic mass is 9.98. The van der Waals surface area contributed by atoms with Crippen molar-refractivity contribution in [2.24, 2.45) is 5.90 Å². The molecule has 9 heavy (non-hydrogen) atoms. The second-order valence-electron chi connectivity index (χ2n) is 2.09. The second-order valence-corrected chi connectivity index (χ2v) is 2.09. The van der Waals surface area contributed by atoms with Gasteiger partial charge in [0, 0.05) is 0 Å². The molecule has 0 fully saturated rings. The van der Waals surface area contributed by atoms with Crippen LogP contribution in [0.2, 0.25) is 0 Å². The predicted octanol–water partition coefficient (Wildman–Crippen LogP) is 1.62. The van der Waals surface area contributed by atoms with Crippen molar-refractivity contribution in [2.75, 3.05) is 0 Å². The molecule has 0 atom stereocenters. The van der Waals surface area contributed by atoms with Crippen LogP contribution in [0, 0.1) is 0 Å². The summed E-state index contributed by atoms with van der Waals surface area (Å²) in [5, 5.41) is 0. The molecule has 0 unspecified atom stereocenters. The van der Waals surface area contributed by atoms with Crippen molar-refractivity contribution in [1.29, 1.82) is 0 Å². The Bertz CT molecular complexity index is 78.7. The molecule has 2 heteroatoms. The fourth-order valence-electron chi connectivity index (χ4n) is 0.753. The predicted molar refractivity (Wildman–Crippen MR) is 38.8 cm³/mol. The van der Waals surface area contributed by atoms with E-state index in [2.05, 4.69) is 6.58 Å². The van der Waals surface area contributed by atoms with Gasteiger partial charge in [-0.05, 0) is 12.8 Å². The third-order valence-electron chi connectivity index (χ3n) is 1.80. The molecule has 0 heterocycles. The van der Waals surface area contributed by atoms with Crippen molar-refractivity contribution >= 4 is 0 Å². The van der Waals surface area contributed by atoms with Crippen LogP contribution in [0.25, 0.3) is 0 Å². The molecule has 0 saturated carbocycles. The molecule has 0 aliphatic rings. The van der Waals surface area contributed by atoms with Crippen LogP contribution >= 0.6 is 0 Å². The molecular weight excluding hydrogens is 114 g/mol. The van der Waals surface area contributed by atoms with E-state index in [0.29, 0.717) is 0 Å². The minimum absolute atomic E-state index is 0.292. The summed E-state index contributed by atoms with van der Waals surface area (Å²) in [7, 11) is 0. The molecule has 0 rings (SSSR count). The van der Waals surface area contributed by atoms with E-state index in [9.17, 15) is 0 Å². The summed E-state index contributed by atoms with van der Waals surface area (Å²) in [6, 6.07) is 0. The Balaban J connectivity index is 3.98. The van der Waals surface area contributed by atoms with Gasteiger partial charge >= 0.3 is 0 Å². The molecule has 2 nitrogen and oxygen atoms in total. The van der Waals surface area contributed by atoms with Gasteiger partial charge in [0.05, 0.1) is 0 Å². The molecule has 0 aromatic heterocycles. The first kappa shape index (κ1) is 8.66. The van der Waals surface area contributed by atoms with Crippen molar-refractivity contribution < 1.29 is 4.84 Å². The molecule has 0 aliphatic carbocycles. The van der Waals surface area contributed by atoms with E-state index < -0.39 is 0 Å². The highest BCUT2D eigenvalue weighted by Crippen LogP contribution is 2.18. The van der Waals surface area contributed by atoms with E-state index in [4.69, 9.17) is 10.7 Å². The Labute approximate surface area is 56.6 Å². The standard InChI is InChI=1S/C7H15NO/c1-4-7(5-2,6-3)9-8/h4H,1,5-6,8H2,2-3H3. The largest absolute Gasteiger partial charge is 0.294 e. The van der Waals surface area contributed by atoms with E-state index in [0.717, 1.165) is 12.8 Å². The summed E-state index contributed by atoms with van der Waals surface area (Å²) in [5.41, 5.74) is -0.292. The first-order chi connectivity index (χ1) is 4.24. The Hall–Kier alpha value is -0.340. The third kappa shape index (κ3) is 1.80. The Morgan fingerprint density at radius 1 is 1.56 bits per heavy atom. The van der Waals surface area contributed by atoms with Crippen LogP contribution in [0.1, 0.15) is 26.7 Å². The van der Waals surface area contributed by atoms with Crippen molar-refractivity contribution in [3.8, 4) is 0 Å². The Kier molecular flexibility index (Phi) is 3.50. The fraction of sp³-hybridized carbons (Fsp3) is 0.714. The molecule has 54 valence electrons. The van der Waals surface area contributed by atoms with Gasteiger partial charge in [-0.1, -0.05) is 19.9 Å². The van der Waals surface area contributed by atoms with E-state index in [-0.39, 0.29) is 5.60 Å². The topological polar surface area (TPSA) is 35.2 Å². The highest BCUT2D eigenvalue weighted by Gasteiger charge is 2.20. The van der Waals surface area contributed by atoms with Crippen LogP contribution < -0.4 is 5.90 Å². The lowest BCUT2D eigenvalue weighted by molar-refractivity contribution is -0.0154. The van der Waals surface area contributed by atoms with Crippen LogP contribution in [-0.4, -0.2) is 5.60 Å². The zero-order chi connectivity index (χ0) is 7.33. The van der Waals surface area contributed by atoms with Crippen molar-refractivity contribution in [3.05, 3.63) is 12.7 Å². The molecule has 0 aromatic carbocycles. The molecule has 0 amide bonds. The third-order valence-corrected chi connectivity index (χ3v) is 1.80. The molecule has 0 radical (unpaired) electrons. The molecule has 0 aromatic rings. The maximum atomic E-state index is 5.07. The van der Waals surface area contributed by atoms with Gasteiger partial charge in [-0.25, -0.2) is 5.90 Å². The van der Waals surface area contributed by atoms with Gasteiger partial charge < -0.3 is 0 Å². The maximum Gasteiger partial charge on any atom is 0.107 e. The van der Waals surface area contributed by atoms with Crippen molar-refractivity contribution in [3.63, 3.8) is 0 Å². The lowest BCUT2D eigenvalue weighted by Crippen LogP contribution is -2.31. The van der Waals surface area contributed by atoms with E-state index >= 15 is 0 Å². The SMILES string of the molecule is C=CC(CC)(CC)ON. The maximum absolute atomic E-state index is 5.07. The highest BCUT2D eigenvalue weighted by atomic mass is 16.6. The van der Waals surface area contributed by atoms with Crippen molar-refractivity contribution in [2.45, 2.75) is 32.3 Å². The number of nitrogens with two attached hydrogens (primary N) is 1. The molecule has 0 bridgehead atoms. The second kappa shape index (κ2) is 3.64. The average Bonchev–Trinajstić information content (AvgIpc) is 1.95. The first-order valence-corrected chi connectivity index (χ1v) is 3.26. The first-order valence-electron chi connectivity index (χ1n) is 3.26. The van der Waals surface area contributed by atoms with Gasteiger partial charge in [0.25, 0.3) is 0 Å². The zero-order valence-corrected chi connectivity index (χ0v) is 6.18. The zero-order valence-electron chi connectivity index (χ0n) is 6.18. The van der Waals surface area contributed by atoms with Crippen molar-refractivity contribution in [1.82, 2.24) is 0 Å². The Morgan fingerprint density at radius 3 is 2.00 bits per heavy atom. The fourth-order valence-corrected chi connectivity index (χ4v) is 0.753. The Morgan fingerprint density at radius 2 is 2.00 bits per heavy atom. The van der Waals surface area contributed by atoms with Gasteiger partial charge in [-0.15, -0.1) is 6.58 Å². The highest BCUT2D eigenvalue weighted by molar-refractivity contribution is 4.94. The monoisotopic (exact) mass is 129 g/mol. The van der Waals surface area contributed by atoms with Crippen LogP contribution in [0.4, 0.5) is 0 Å². The van der Waals surface area contributed by atoms with Gasteiger partial charge in [-0.3, -0.25) is 4.84 Å². The van der Waals surface area contributed by atoms with Gasteiger partial charge in [-0.2, -0.15) is 0 Å². The van der Waals surface area contributed by atoms with Gasteiger partial charge in [0.2, 0.25) is 0 Å². The van der Waals surface area contributed by atoms with E-state index in [1.165, 1.54) is 0 Å². The number of hydrogen-bond acceptors (Lipinski definition) is 2. The smallest absolute Gasteiger partial charge is 0.107 e. The lowest BCUT2D eigenvalue weighted by Gasteiger charge is -2.24. The summed E-state index contributed by atoms with van der Waals surface area (Å²) in [6.45, 7) is 7.69. The minimum Gasteiger partial charge on any atom is -0.294 e. The molecule has 0 saturated heterocycles. The molecule has 0 aliphatic heterocycles. The van der Waals surface area contributed by atoms with Crippen LogP contribution in [-0.2, 0) is 4.84 Å². The van der Waals surface area contributed by atoms with Crippen LogP contribution in [0.15, 0.2) is 12.7 Å². The van der Waals surface area contributed by atoms with Gasteiger partial charge in [0.1, 0.15) is 5.60 Å².